The summed E-state index contributed by atoms with van der Waals surface area (Å²) in [6.07, 6.45) is -2.86. The van der Waals surface area contributed by atoms with E-state index in [0.29, 0.717) is 6.07 Å². The van der Waals surface area contributed by atoms with Crippen LogP contribution in [0.25, 0.3) is 0 Å². The minimum absolute atomic E-state index is 0.119. The number of carbonyl (C=O) groups excluding carboxylic acids is 1. The zero-order valence-corrected chi connectivity index (χ0v) is 8.76. The Kier molecular flexibility index (Phi) is 3.29. The number of alkyl halides is 2. The summed E-state index contributed by atoms with van der Waals surface area (Å²) >= 11 is 1.48. The summed E-state index contributed by atoms with van der Waals surface area (Å²) in [6.45, 7) is 0. The Morgan fingerprint density at radius 2 is 2.14 bits per heavy atom. The smallest absolute Gasteiger partial charge is 0.268 e. The first-order valence-electron chi connectivity index (χ1n) is 3.37. The number of hydrogen-bond acceptors (Lipinski definition) is 2. The molecule has 0 aliphatic carbocycles. The third kappa shape index (κ3) is 2.14. The zero-order chi connectivity index (χ0) is 10.9. The summed E-state index contributed by atoms with van der Waals surface area (Å²) in [5.74, 6) is -2.18. The molecule has 1 aromatic rings. The quantitative estimate of drug-likeness (QED) is 0.669. The van der Waals surface area contributed by atoms with Gasteiger partial charge in [0.1, 0.15) is 5.69 Å². The molecule has 0 fully saturated rings. The predicted octanol–water partition coefficient (Wildman–Crippen LogP) is 1.86. The fraction of sp³-hybridized carbons (Fsp3) is 0.143. The van der Waals surface area contributed by atoms with Crippen LogP contribution in [-0.2, 0) is 0 Å². The van der Waals surface area contributed by atoms with Crippen molar-refractivity contribution in [3.63, 3.8) is 0 Å². The molecule has 1 aromatic heterocycles. The van der Waals surface area contributed by atoms with Crippen molar-refractivity contribution in [2.24, 2.45) is 5.73 Å². The Labute approximate surface area is 90.6 Å². The van der Waals surface area contributed by atoms with E-state index in [0.717, 1.165) is 0 Å². The second-order valence-electron chi connectivity index (χ2n) is 2.36. The van der Waals surface area contributed by atoms with Crippen molar-refractivity contribution >= 4 is 28.5 Å². The highest BCUT2D eigenvalue weighted by Gasteiger charge is 2.20. The van der Waals surface area contributed by atoms with E-state index in [1.807, 2.05) is 0 Å². The van der Waals surface area contributed by atoms with Crippen LogP contribution in [0.4, 0.5) is 13.2 Å². The fourth-order valence-electron chi connectivity index (χ4n) is 0.839. The summed E-state index contributed by atoms with van der Waals surface area (Å²) in [7, 11) is 0. The first-order valence-corrected chi connectivity index (χ1v) is 4.45. The highest BCUT2D eigenvalue weighted by atomic mass is 127. The van der Waals surface area contributed by atoms with Gasteiger partial charge < -0.3 is 5.73 Å². The fourth-order valence-corrected chi connectivity index (χ4v) is 1.62. The van der Waals surface area contributed by atoms with Crippen LogP contribution >= 0.6 is 22.6 Å². The van der Waals surface area contributed by atoms with Gasteiger partial charge in [0.25, 0.3) is 12.3 Å². The van der Waals surface area contributed by atoms with Gasteiger partial charge in [-0.1, -0.05) is 0 Å². The van der Waals surface area contributed by atoms with Crippen LogP contribution in [0.1, 0.15) is 22.5 Å². The lowest BCUT2D eigenvalue weighted by Crippen LogP contribution is -2.17. The first-order chi connectivity index (χ1) is 6.43. The van der Waals surface area contributed by atoms with Crippen molar-refractivity contribution < 1.29 is 18.0 Å². The van der Waals surface area contributed by atoms with Crippen LogP contribution in [0, 0.1) is 9.52 Å². The molecular formula is C7H4F3IN2O. The van der Waals surface area contributed by atoms with Crippen molar-refractivity contribution in [3.8, 4) is 0 Å². The number of hydrogen-bond donors (Lipinski definition) is 1. The molecule has 0 saturated heterocycles. The van der Waals surface area contributed by atoms with E-state index in [9.17, 15) is 18.0 Å². The van der Waals surface area contributed by atoms with Crippen LogP contribution in [0.15, 0.2) is 6.07 Å². The lowest BCUT2D eigenvalue weighted by molar-refractivity contribution is 0.0992. The molecule has 1 heterocycles. The topological polar surface area (TPSA) is 56.0 Å². The van der Waals surface area contributed by atoms with Crippen molar-refractivity contribution in [1.29, 1.82) is 0 Å². The van der Waals surface area contributed by atoms with E-state index in [2.05, 4.69) is 4.98 Å². The molecule has 76 valence electrons. The number of nitrogens with two attached hydrogens (primary N) is 1. The van der Waals surface area contributed by atoms with Gasteiger partial charge in [0.05, 0.1) is 3.57 Å². The Hall–Kier alpha value is -0.860. The normalized spacial score (nSPS) is 10.6. The summed E-state index contributed by atoms with van der Waals surface area (Å²) in [5.41, 5.74) is 3.79. The molecule has 0 atom stereocenters. The van der Waals surface area contributed by atoms with E-state index >= 15 is 0 Å². The number of primary amides is 1. The molecule has 1 amide bonds. The molecule has 3 nitrogen and oxygen atoms in total. The number of amides is 1. The van der Waals surface area contributed by atoms with Crippen LogP contribution < -0.4 is 5.73 Å². The van der Waals surface area contributed by atoms with E-state index < -0.39 is 29.5 Å². The first kappa shape index (κ1) is 11.2. The number of rotatable bonds is 2. The minimum Gasteiger partial charge on any atom is -0.364 e. The van der Waals surface area contributed by atoms with Gasteiger partial charge in [-0.15, -0.1) is 0 Å². The standard InChI is InChI=1S/C7H4F3IN2O/c8-3-1-2(6(9)10)4(11)5(13-3)7(12)14/h1,6H,(H2,12,14). The molecule has 0 aromatic carbocycles. The average molecular weight is 316 g/mol. The van der Waals surface area contributed by atoms with Gasteiger partial charge in [0, 0.05) is 11.6 Å². The predicted molar refractivity (Wildman–Crippen MR) is 50.4 cm³/mol. The van der Waals surface area contributed by atoms with Crippen molar-refractivity contribution in [2.75, 3.05) is 0 Å². The second-order valence-corrected chi connectivity index (χ2v) is 3.44. The van der Waals surface area contributed by atoms with Gasteiger partial charge in [-0.3, -0.25) is 4.79 Å². The Balaban J connectivity index is 3.40. The summed E-state index contributed by atoms with van der Waals surface area (Å²) < 4.78 is 37.2. The lowest BCUT2D eigenvalue weighted by Gasteiger charge is -2.05. The SMILES string of the molecule is NC(=O)c1nc(F)cc(C(F)F)c1I. The highest BCUT2D eigenvalue weighted by Crippen LogP contribution is 2.26. The minimum atomic E-state index is -2.86. The van der Waals surface area contributed by atoms with Crippen molar-refractivity contribution in [3.05, 3.63) is 26.8 Å². The monoisotopic (exact) mass is 316 g/mol. The Morgan fingerprint density at radius 1 is 1.57 bits per heavy atom. The third-order valence-corrected chi connectivity index (χ3v) is 2.56. The summed E-state index contributed by atoms with van der Waals surface area (Å²) in [4.78, 5) is 13.8. The summed E-state index contributed by atoms with van der Waals surface area (Å²) in [6, 6.07) is 0.582. The van der Waals surface area contributed by atoms with Gasteiger partial charge >= 0.3 is 0 Å². The zero-order valence-electron chi connectivity index (χ0n) is 6.60. The molecule has 0 saturated carbocycles. The maximum atomic E-state index is 12.7. The molecule has 1 rings (SSSR count). The molecular weight excluding hydrogens is 312 g/mol. The molecule has 0 radical (unpaired) electrons. The van der Waals surface area contributed by atoms with Crippen LogP contribution in [0.2, 0.25) is 0 Å². The molecule has 7 heteroatoms. The van der Waals surface area contributed by atoms with E-state index in [1.165, 1.54) is 22.6 Å². The second kappa shape index (κ2) is 4.11. The largest absolute Gasteiger partial charge is 0.364 e. The maximum Gasteiger partial charge on any atom is 0.268 e. The molecule has 0 aliphatic heterocycles. The van der Waals surface area contributed by atoms with Gasteiger partial charge in [-0.25, -0.2) is 13.8 Å². The number of carbonyl (C=O) groups is 1. The van der Waals surface area contributed by atoms with E-state index in [-0.39, 0.29) is 3.57 Å². The van der Waals surface area contributed by atoms with Gasteiger partial charge in [-0.2, -0.15) is 4.39 Å². The van der Waals surface area contributed by atoms with Crippen molar-refractivity contribution in [1.82, 2.24) is 4.98 Å². The van der Waals surface area contributed by atoms with Gasteiger partial charge in [0.2, 0.25) is 5.95 Å². The lowest BCUT2D eigenvalue weighted by atomic mass is 10.2. The molecule has 0 aliphatic rings. The molecule has 0 unspecified atom stereocenters. The Morgan fingerprint density at radius 3 is 2.57 bits per heavy atom. The van der Waals surface area contributed by atoms with Gasteiger partial charge in [-0.05, 0) is 22.6 Å². The number of pyridine rings is 1. The third-order valence-electron chi connectivity index (χ3n) is 1.42. The number of aromatic nitrogens is 1. The molecule has 2 N–H and O–H groups in total. The van der Waals surface area contributed by atoms with Gasteiger partial charge in [0.15, 0.2) is 0 Å². The van der Waals surface area contributed by atoms with Crippen LogP contribution in [0.5, 0.6) is 0 Å². The molecule has 0 bridgehead atoms. The van der Waals surface area contributed by atoms with E-state index in [4.69, 9.17) is 5.73 Å². The maximum absolute atomic E-state index is 12.7. The van der Waals surface area contributed by atoms with Crippen molar-refractivity contribution in [2.45, 2.75) is 6.43 Å². The number of nitrogens with zero attached hydrogens (tertiary/aromatic N) is 1. The highest BCUT2D eigenvalue weighted by molar-refractivity contribution is 14.1. The molecule has 0 spiro atoms. The van der Waals surface area contributed by atoms with E-state index in [1.54, 1.807) is 0 Å². The van der Waals surface area contributed by atoms with Crippen LogP contribution in [0.3, 0.4) is 0 Å². The Bertz CT molecular complexity index is 383. The number of halogens is 4. The average Bonchev–Trinajstić information content (AvgIpc) is 2.07. The summed E-state index contributed by atoms with van der Waals surface area (Å²) in [5, 5.41) is 0. The van der Waals surface area contributed by atoms with Crippen LogP contribution in [-0.4, -0.2) is 10.9 Å². The molecule has 14 heavy (non-hydrogen) atoms.